The van der Waals surface area contributed by atoms with Crippen molar-refractivity contribution in [3.05, 3.63) is 25.3 Å². The summed E-state index contributed by atoms with van der Waals surface area (Å²) in [7, 11) is 0. The van der Waals surface area contributed by atoms with Crippen LogP contribution in [0.25, 0.3) is 0 Å². The van der Waals surface area contributed by atoms with Gasteiger partial charge >= 0.3 is 5.97 Å². The number of carbonyl (C=O) groups is 4. The molecule has 3 amide bonds. The fourth-order valence-corrected chi connectivity index (χ4v) is 7.69. The van der Waals surface area contributed by atoms with E-state index in [0.717, 1.165) is 44.9 Å². The van der Waals surface area contributed by atoms with Crippen molar-refractivity contribution in [3.8, 4) is 0 Å². The van der Waals surface area contributed by atoms with E-state index in [1.807, 2.05) is 4.90 Å². The van der Waals surface area contributed by atoms with Crippen LogP contribution in [0.2, 0.25) is 0 Å². The van der Waals surface area contributed by atoms with Crippen molar-refractivity contribution in [1.82, 2.24) is 15.1 Å². The molecule has 3 aliphatic heterocycles. The lowest BCUT2D eigenvalue weighted by atomic mass is 9.70. The molecule has 1 spiro atoms. The van der Waals surface area contributed by atoms with Gasteiger partial charge in [0.25, 0.3) is 0 Å². The summed E-state index contributed by atoms with van der Waals surface area (Å²) in [5.41, 5.74) is -1.07. The van der Waals surface area contributed by atoms with Gasteiger partial charge in [0.1, 0.15) is 17.7 Å². The van der Waals surface area contributed by atoms with Crippen molar-refractivity contribution < 1.29 is 33.8 Å². The average molecular weight is 602 g/mol. The van der Waals surface area contributed by atoms with Crippen molar-refractivity contribution in [2.24, 2.45) is 11.8 Å². The molecule has 10 heteroatoms. The number of carbonyl (C=O) groups excluding carboxylic acids is 4. The molecule has 2 bridgehead atoms. The largest absolute Gasteiger partial charge is 0.460 e. The van der Waals surface area contributed by atoms with Crippen LogP contribution < -0.4 is 5.32 Å². The molecule has 1 aliphatic carbocycles. The molecule has 0 aromatic rings. The number of likely N-dealkylation sites (tertiary alicyclic amines) is 1. The first kappa shape index (κ1) is 33.2. The van der Waals surface area contributed by atoms with Gasteiger partial charge in [-0.3, -0.25) is 19.2 Å². The van der Waals surface area contributed by atoms with Crippen molar-refractivity contribution in [2.75, 3.05) is 26.2 Å². The Morgan fingerprint density at radius 1 is 1.14 bits per heavy atom. The third kappa shape index (κ3) is 7.17. The van der Waals surface area contributed by atoms with E-state index in [-0.39, 0.29) is 36.9 Å². The maximum absolute atomic E-state index is 14.5. The van der Waals surface area contributed by atoms with Gasteiger partial charge in [-0.2, -0.15) is 0 Å². The molecule has 240 valence electrons. The van der Waals surface area contributed by atoms with Crippen LogP contribution in [0.4, 0.5) is 0 Å². The fourth-order valence-electron chi connectivity index (χ4n) is 7.69. The van der Waals surface area contributed by atoms with Crippen LogP contribution in [0, 0.1) is 11.8 Å². The Bertz CT molecular complexity index is 1030. The zero-order chi connectivity index (χ0) is 31.0. The predicted molar refractivity (Wildman–Crippen MR) is 162 cm³/mol. The first-order valence-corrected chi connectivity index (χ1v) is 16.4. The van der Waals surface area contributed by atoms with Crippen LogP contribution >= 0.6 is 0 Å². The van der Waals surface area contributed by atoms with Crippen LogP contribution in [0.3, 0.4) is 0 Å². The van der Waals surface area contributed by atoms with Crippen LogP contribution in [-0.4, -0.2) is 94.7 Å². The zero-order valence-corrected chi connectivity index (χ0v) is 25.8. The summed E-state index contributed by atoms with van der Waals surface area (Å²) in [6.45, 7) is 10.4. The number of rotatable bonds is 17. The van der Waals surface area contributed by atoms with Gasteiger partial charge in [0, 0.05) is 32.2 Å². The number of fused-ring (bicyclic) bond motifs is 1. The molecule has 0 aromatic carbocycles. The molecule has 6 atom stereocenters. The lowest BCUT2D eigenvalue weighted by molar-refractivity contribution is -0.159. The molecule has 4 fully saturated rings. The smallest absolute Gasteiger partial charge is 0.312 e. The lowest BCUT2D eigenvalue weighted by Gasteiger charge is -2.40. The monoisotopic (exact) mass is 601 g/mol. The number of unbranched alkanes of at least 4 members (excludes halogenated alkanes) is 3. The highest BCUT2D eigenvalue weighted by Crippen LogP contribution is 2.59. The van der Waals surface area contributed by atoms with Crippen LogP contribution in [0.15, 0.2) is 25.3 Å². The van der Waals surface area contributed by atoms with E-state index in [1.165, 1.54) is 0 Å². The number of nitrogens with zero attached hydrogens (tertiary/aromatic N) is 2. The second-order valence-electron chi connectivity index (χ2n) is 12.7. The number of esters is 1. The third-order valence-electron chi connectivity index (χ3n) is 9.72. The van der Waals surface area contributed by atoms with Crippen LogP contribution in [0.1, 0.15) is 90.4 Å². The van der Waals surface area contributed by atoms with Gasteiger partial charge in [-0.15, -0.1) is 13.2 Å². The molecule has 10 nitrogen and oxygen atoms in total. The third-order valence-corrected chi connectivity index (χ3v) is 9.72. The molecular weight excluding hydrogens is 550 g/mol. The molecule has 3 heterocycles. The van der Waals surface area contributed by atoms with Crippen LogP contribution in [0.5, 0.6) is 0 Å². The summed E-state index contributed by atoms with van der Waals surface area (Å²) in [6, 6.07) is -0.702. The number of amides is 3. The van der Waals surface area contributed by atoms with E-state index in [4.69, 9.17) is 9.47 Å². The van der Waals surface area contributed by atoms with E-state index in [2.05, 4.69) is 18.5 Å². The minimum Gasteiger partial charge on any atom is -0.460 e. The van der Waals surface area contributed by atoms with E-state index in [0.29, 0.717) is 51.6 Å². The molecule has 43 heavy (non-hydrogen) atoms. The van der Waals surface area contributed by atoms with Gasteiger partial charge in [-0.25, -0.2) is 0 Å². The van der Waals surface area contributed by atoms with Crippen LogP contribution in [-0.2, 0) is 28.7 Å². The molecule has 0 aromatic heterocycles. The Kier molecular flexibility index (Phi) is 11.8. The lowest BCUT2D eigenvalue weighted by Crippen LogP contribution is -2.58. The quantitative estimate of drug-likeness (QED) is 0.149. The fraction of sp³-hybridized carbons (Fsp3) is 0.758. The van der Waals surface area contributed by atoms with E-state index >= 15 is 0 Å². The van der Waals surface area contributed by atoms with Gasteiger partial charge in [0.05, 0.1) is 24.5 Å². The predicted octanol–water partition coefficient (Wildman–Crippen LogP) is 3.28. The number of allylic oxidation sites excluding steroid dienone is 1. The highest BCUT2D eigenvalue weighted by atomic mass is 16.6. The number of nitrogens with one attached hydrogen (secondary N) is 1. The SMILES string of the molecule is C=CCCC(=O)NC[C@H](C)OC(=O)[C@@H]1[C@@H]2CC[C@]3(O2)[C@H](C(=O)N(CC=C)C2CCCCC2)N(CCCCCCO)C(=O)[C@@H]13. The summed E-state index contributed by atoms with van der Waals surface area (Å²) in [4.78, 5) is 58.0. The first-order valence-electron chi connectivity index (χ1n) is 16.4. The average Bonchev–Trinajstić information content (AvgIpc) is 3.65. The topological polar surface area (TPSA) is 125 Å². The number of hydrogen-bond acceptors (Lipinski definition) is 7. The van der Waals surface area contributed by atoms with Gasteiger partial charge in [0.2, 0.25) is 17.7 Å². The Balaban J connectivity index is 1.54. The molecule has 4 aliphatic rings. The second-order valence-corrected chi connectivity index (χ2v) is 12.7. The maximum atomic E-state index is 14.5. The standard InChI is InChI=1S/C33H51N3O7/c1-4-6-16-26(38)34-22-23(3)42-32(41)27-25-17-18-33(43-25)28(27)30(39)36(20-12-7-8-13-21-37)29(33)31(40)35(19-5-2)24-14-10-9-11-15-24/h4-5,23-25,27-29,37H,1-2,6-22H2,3H3,(H,34,38)/t23-,25-,27+,28+,29-,33+/m0/s1. The minimum atomic E-state index is -1.07. The summed E-state index contributed by atoms with van der Waals surface area (Å²) >= 11 is 0. The van der Waals surface area contributed by atoms with Crippen molar-refractivity contribution in [2.45, 2.75) is 120 Å². The van der Waals surface area contributed by atoms with Crippen molar-refractivity contribution >= 4 is 23.7 Å². The highest BCUT2D eigenvalue weighted by Gasteiger charge is 2.75. The highest BCUT2D eigenvalue weighted by molar-refractivity contribution is 5.98. The molecule has 4 rings (SSSR count). The minimum absolute atomic E-state index is 0.0955. The van der Waals surface area contributed by atoms with E-state index < -0.39 is 41.7 Å². The summed E-state index contributed by atoms with van der Waals surface area (Å²) in [5, 5.41) is 12.0. The molecule has 3 saturated heterocycles. The molecule has 0 radical (unpaired) electrons. The molecule has 2 N–H and O–H groups in total. The number of aliphatic hydroxyl groups excluding tert-OH is 1. The van der Waals surface area contributed by atoms with Gasteiger partial charge < -0.3 is 29.7 Å². The Morgan fingerprint density at radius 3 is 2.58 bits per heavy atom. The summed E-state index contributed by atoms with van der Waals surface area (Å²) < 4.78 is 12.4. The van der Waals surface area contributed by atoms with E-state index in [9.17, 15) is 24.3 Å². The Hall–Kier alpha value is -2.72. The number of aliphatic hydroxyl groups is 1. The van der Waals surface area contributed by atoms with Crippen molar-refractivity contribution in [3.63, 3.8) is 0 Å². The molecule has 1 saturated carbocycles. The van der Waals surface area contributed by atoms with E-state index in [1.54, 1.807) is 24.0 Å². The Labute approximate surface area is 256 Å². The molecular formula is C33H51N3O7. The second kappa shape index (κ2) is 15.3. The first-order chi connectivity index (χ1) is 20.8. The van der Waals surface area contributed by atoms with Gasteiger partial charge in [-0.05, 0) is 51.9 Å². The van der Waals surface area contributed by atoms with Gasteiger partial charge in [-0.1, -0.05) is 44.3 Å². The number of ether oxygens (including phenoxy) is 2. The van der Waals surface area contributed by atoms with Crippen molar-refractivity contribution in [1.29, 1.82) is 0 Å². The van der Waals surface area contributed by atoms with Gasteiger partial charge in [0.15, 0.2) is 0 Å². The normalized spacial score (nSPS) is 28.8. The Morgan fingerprint density at radius 2 is 1.88 bits per heavy atom. The summed E-state index contributed by atoms with van der Waals surface area (Å²) in [5.74, 6) is -2.55. The summed E-state index contributed by atoms with van der Waals surface area (Å²) in [6.07, 6.45) is 12.6. The number of hydrogen-bond donors (Lipinski definition) is 2. The zero-order valence-electron chi connectivity index (χ0n) is 25.8. The molecule has 0 unspecified atom stereocenters. The maximum Gasteiger partial charge on any atom is 0.312 e.